The molecule has 1 aromatic rings. The van der Waals surface area contributed by atoms with E-state index in [9.17, 15) is 15.2 Å². The molecule has 2 saturated heterocycles. The Morgan fingerprint density at radius 3 is 3.19 bits per heavy atom. The zero-order valence-corrected chi connectivity index (χ0v) is 11.7. The molecule has 21 heavy (non-hydrogen) atoms. The molecule has 0 aliphatic carbocycles. The zero-order chi connectivity index (χ0) is 14.9. The Balaban J connectivity index is 1.93. The minimum atomic E-state index is -0.777. The number of carbonyl (C=O) groups is 1. The average Bonchev–Trinajstić information content (AvgIpc) is 2.52. The molecule has 0 unspecified atom stereocenters. The van der Waals surface area contributed by atoms with Gasteiger partial charge in [-0.25, -0.2) is 4.98 Å². The van der Waals surface area contributed by atoms with E-state index in [1.165, 1.54) is 0 Å². The summed E-state index contributed by atoms with van der Waals surface area (Å²) < 4.78 is 0. The van der Waals surface area contributed by atoms with Crippen molar-refractivity contribution in [2.75, 3.05) is 24.5 Å². The monoisotopic (exact) mass is 286 g/mol. The number of hydrogen-bond donors (Lipinski definition) is 2. The van der Waals surface area contributed by atoms with Crippen LogP contribution in [0.2, 0.25) is 0 Å². The molecule has 1 spiro atoms. The number of rotatable bonds is 1. The second-order valence-corrected chi connectivity index (χ2v) is 5.73. The van der Waals surface area contributed by atoms with Crippen molar-refractivity contribution in [3.63, 3.8) is 0 Å². The van der Waals surface area contributed by atoms with Gasteiger partial charge < -0.3 is 15.3 Å². The molecule has 3 rings (SSSR count). The van der Waals surface area contributed by atoms with Crippen molar-refractivity contribution in [3.05, 3.63) is 23.9 Å². The molecule has 1 amide bonds. The largest absolute Gasteiger partial charge is 0.392 e. The van der Waals surface area contributed by atoms with Gasteiger partial charge in [-0.05, 0) is 31.4 Å². The van der Waals surface area contributed by atoms with Crippen molar-refractivity contribution in [1.29, 1.82) is 5.26 Å². The quantitative estimate of drug-likeness (QED) is 0.781. The normalized spacial score (nSPS) is 29.0. The van der Waals surface area contributed by atoms with Gasteiger partial charge in [-0.1, -0.05) is 0 Å². The van der Waals surface area contributed by atoms with E-state index in [0.717, 1.165) is 6.42 Å². The number of nitriles is 1. The van der Waals surface area contributed by atoms with Crippen LogP contribution in [0.25, 0.3) is 0 Å². The lowest BCUT2D eigenvalue weighted by Crippen LogP contribution is -2.61. The Hall–Kier alpha value is -2.13. The number of aliphatic hydroxyl groups excluding tert-OH is 1. The van der Waals surface area contributed by atoms with E-state index < -0.39 is 11.5 Å². The van der Waals surface area contributed by atoms with E-state index in [1.54, 1.807) is 18.3 Å². The first-order valence-electron chi connectivity index (χ1n) is 7.24. The first-order chi connectivity index (χ1) is 10.2. The molecule has 6 heteroatoms. The van der Waals surface area contributed by atoms with Gasteiger partial charge in [0.25, 0.3) is 0 Å². The number of piperidine rings is 2. The Kier molecular flexibility index (Phi) is 3.52. The average molecular weight is 286 g/mol. The number of aliphatic hydroxyl groups is 1. The number of hydrogen-bond acceptors (Lipinski definition) is 5. The van der Waals surface area contributed by atoms with Crippen LogP contribution in [0.1, 0.15) is 24.8 Å². The predicted octanol–water partition coefficient (Wildman–Crippen LogP) is 0.421. The minimum Gasteiger partial charge on any atom is -0.392 e. The van der Waals surface area contributed by atoms with Crippen LogP contribution in [0, 0.1) is 16.7 Å². The highest BCUT2D eigenvalue weighted by Gasteiger charge is 2.50. The van der Waals surface area contributed by atoms with Crippen LogP contribution < -0.4 is 10.2 Å². The van der Waals surface area contributed by atoms with Gasteiger partial charge in [0.15, 0.2) is 0 Å². The highest BCUT2D eigenvalue weighted by atomic mass is 16.3. The molecule has 6 nitrogen and oxygen atoms in total. The maximum atomic E-state index is 12.3. The first-order valence-corrected chi connectivity index (χ1v) is 7.24. The fraction of sp³-hybridized carbons (Fsp3) is 0.533. The number of amides is 1. The summed E-state index contributed by atoms with van der Waals surface area (Å²) in [5.74, 6) is 0.519. The SMILES string of the molecule is N#Cc1cccnc1N1CC[C@@H](O)[C@@]2(CCCNC2=O)C1. The molecule has 0 bridgehead atoms. The summed E-state index contributed by atoms with van der Waals surface area (Å²) in [4.78, 5) is 18.6. The van der Waals surface area contributed by atoms with E-state index in [2.05, 4.69) is 16.4 Å². The molecular formula is C15H18N4O2. The second-order valence-electron chi connectivity index (χ2n) is 5.73. The summed E-state index contributed by atoms with van der Waals surface area (Å²) in [6.07, 6.45) is 3.06. The maximum Gasteiger partial charge on any atom is 0.230 e. The number of pyridine rings is 1. The Morgan fingerprint density at radius 2 is 2.43 bits per heavy atom. The fourth-order valence-electron chi connectivity index (χ4n) is 3.36. The van der Waals surface area contributed by atoms with Crippen LogP contribution in [-0.2, 0) is 4.79 Å². The van der Waals surface area contributed by atoms with Gasteiger partial charge in [-0.2, -0.15) is 5.26 Å². The fourth-order valence-corrected chi connectivity index (χ4v) is 3.36. The number of anilines is 1. The molecule has 0 aromatic carbocycles. The smallest absolute Gasteiger partial charge is 0.230 e. The van der Waals surface area contributed by atoms with Gasteiger partial charge in [0.1, 0.15) is 11.9 Å². The highest BCUT2D eigenvalue weighted by molar-refractivity contribution is 5.85. The first kappa shape index (κ1) is 13.8. The number of nitrogens with one attached hydrogen (secondary N) is 1. The molecule has 2 aliphatic rings. The summed E-state index contributed by atoms with van der Waals surface area (Å²) in [5, 5.41) is 22.4. The van der Waals surface area contributed by atoms with Crippen LogP contribution in [0.5, 0.6) is 0 Å². The molecular weight excluding hydrogens is 268 g/mol. The van der Waals surface area contributed by atoms with Crippen molar-refractivity contribution in [1.82, 2.24) is 10.3 Å². The topological polar surface area (TPSA) is 89.2 Å². The molecule has 110 valence electrons. The molecule has 2 aliphatic heterocycles. The van der Waals surface area contributed by atoms with Gasteiger partial charge in [-0.3, -0.25) is 4.79 Å². The van der Waals surface area contributed by atoms with Gasteiger partial charge >= 0.3 is 0 Å². The van der Waals surface area contributed by atoms with Gasteiger partial charge in [0, 0.05) is 25.8 Å². The van der Waals surface area contributed by atoms with Crippen LogP contribution in [-0.4, -0.2) is 41.7 Å². The predicted molar refractivity (Wildman–Crippen MR) is 76.5 cm³/mol. The molecule has 0 saturated carbocycles. The lowest BCUT2D eigenvalue weighted by Gasteiger charge is -2.47. The van der Waals surface area contributed by atoms with Crippen LogP contribution >= 0.6 is 0 Å². The third-order valence-corrected chi connectivity index (χ3v) is 4.53. The number of nitrogens with zero attached hydrogens (tertiary/aromatic N) is 3. The molecule has 0 radical (unpaired) electrons. The number of aromatic nitrogens is 1. The van der Waals surface area contributed by atoms with E-state index in [1.807, 2.05) is 4.90 Å². The number of carbonyl (C=O) groups excluding carboxylic acids is 1. The van der Waals surface area contributed by atoms with E-state index in [4.69, 9.17) is 0 Å². The maximum absolute atomic E-state index is 12.3. The molecule has 1 aromatic heterocycles. The van der Waals surface area contributed by atoms with Crippen molar-refractivity contribution in [3.8, 4) is 6.07 Å². The van der Waals surface area contributed by atoms with Crippen LogP contribution in [0.15, 0.2) is 18.3 Å². The third kappa shape index (κ3) is 2.24. The van der Waals surface area contributed by atoms with Gasteiger partial charge in [0.05, 0.1) is 17.1 Å². The van der Waals surface area contributed by atoms with Crippen LogP contribution in [0.4, 0.5) is 5.82 Å². The molecule has 2 N–H and O–H groups in total. The van der Waals surface area contributed by atoms with Crippen LogP contribution in [0.3, 0.4) is 0 Å². The molecule has 3 heterocycles. The van der Waals surface area contributed by atoms with Crippen molar-refractivity contribution in [2.45, 2.75) is 25.4 Å². The summed E-state index contributed by atoms with van der Waals surface area (Å²) in [7, 11) is 0. The van der Waals surface area contributed by atoms with Gasteiger partial charge in [0.2, 0.25) is 5.91 Å². The second kappa shape index (κ2) is 5.34. The van der Waals surface area contributed by atoms with E-state index in [0.29, 0.717) is 43.9 Å². The van der Waals surface area contributed by atoms with E-state index in [-0.39, 0.29) is 5.91 Å². The third-order valence-electron chi connectivity index (χ3n) is 4.53. The highest BCUT2D eigenvalue weighted by Crippen LogP contribution is 2.38. The summed E-state index contributed by atoms with van der Waals surface area (Å²) in [5.41, 5.74) is -0.277. The summed E-state index contributed by atoms with van der Waals surface area (Å²) >= 11 is 0. The Morgan fingerprint density at radius 1 is 1.57 bits per heavy atom. The Labute approximate surface area is 123 Å². The lowest BCUT2D eigenvalue weighted by molar-refractivity contribution is -0.142. The van der Waals surface area contributed by atoms with Gasteiger partial charge in [-0.15, -0.1) is 0 Å². The molecule has 2 fully saturated rings. The van der Waals surface area contributed by atoms with Crippen molar-refractivity contribution >= 4 is 11.7 Å². The van der Waals surface area contributed by atoms with E-state index >= 15 is 0 Å². The lowest BCUT2D eigenvalue weighted by atomic mass is 9.71. The standard InChI is InChI=1S/C15H18N4O2/c16-9-11-3-1-6-17-13(11)19-8-4-12(20)15(10-19)5-2-7-18-14(15)21/h1,3,6,12,20H,2,4-5,7-8,10H2,(H,18,21)/t12-,15-/m1/s1. The Bertz CT molecular complexity index is 598. The summed E-state index contributed by atoms with van der Waals surface area (Å²) in [6, 6.07) is 5.59. The van der Waals surface area contributed by atoms with Crippen molar-refractivity contribution in [2.24, 2.45) is 5.41 Å². The zero-order valence-electron chi connectivity index (χ0n) is 11.7. The molecule has 2 atom stereocenters. The van der Waals surface area contributed by atoms with Crippen molar-refractivity contribution < 1.29 is 9.90 Å². The minimum absolute atomic E-state index is 0.0830. The summed E-state index contributed by atoms with van der Waals surface area (Å²) in [6.45, 7) is 1.67.